The number of hydrogen-bond donors (Lipinski definition) is 0. The van der Waals surface area contributed by atoms with E-state index < -0.39 is 0 Å². The fraction of sp³-hybridized carbons (Fsp3) is 0.143. The van der Waals surface area contributed by atoms with Crippen molar-refractivity contribution < 1.29 is 0 Å². The Balaban J connectivity index is 1.32. The standard InChI is InChI=1S/C42H34N2/c1-41(2)33-18-10-8-16-29(33)31-25-32-30-17-9-12-20-37(30)44(40(32)26-35(31)41)28-22-23-39-36(24-28)42(3,4)34-19-11-13-21-38(34)43(39)27-14-6-5-7-15-27/h5-26H,1-4H3. The Labute approximate surface area is 258 Å². The van der Waals surface area contributed by atoms with Gasteiger partial charge in [0.25, 0.3) is 0 Å². The number of anilines is 3. The van der Waals surface area contributed by atoms with Crippen LogP contribution in [0.3, 0.4) is 0 Å². The Bertz CT molecular complexity index is 2280. The lowest BCUT2D eigenvalue weighted by atomic mass is 9.73. The second-order valence-electron chi connectivity index (χ2n) is 13.5. The van der Waals surface area contributed by atoms with E-state index in [9.17, 15) is 0 Å². The minimum absolute atomic E-state index is 0.0564. The molecule has 44 heavy (non-hydrogen) atoms. The number of fused-ring (bicyclic) bond motifs is 8. The molecule has 7 aromatic rings. The average Bonchev–Trinajstić information content (AvgIpc) is 3.49. The summed E-state index contributed by atoms with van der Waals surface area (Å²) in [6.07, 6.45) is 0. The Morgan fingerprint density at radius 1 is 0.409 bits per heavy atom. The normalized spacial score (nSPS) is 15.6. The van der Waals surface area contributed by atoms with Gasteiger partial charge in [-0.25, -0.2) is 0 Å². The SMILES string of the molecule is CC1(C)c2ccccc2-c2cc3c4ccccc4n(-c4ccc5c(c4)C(C)(C)c4ccccc4N5c4ccccc4)c3cc21. The third-order valence-electron chi connectivity index (χ3n) is 10.4. The van der Waals surface area contributed by atoms with E-state index in [0.717, 1.165) is 0 Å². The highest BCUT2D eigenvalue weighted by Gasteiger charge is 2.38. The van der Waals surface area contributed by atoms with Gasteiger partial charge in [-0.05, 0) is 88.0 Å². The van der Waals surface area contributed by atoms with Crippen molar-refractivity contribution in [3.8, 4) is 16.8 Å². The Kier molecular flexibility index (Phi) is 5.05. The second-order valence-corrected chi connectivity index (χ2v) is 13.5. The van der Waals surface area contributed by atoms with Crippen LogP contribution in [0.15, 0.2) is 133 Å². The van der Waals surface area contributed by atoms with E-state index in [2.05, 4.69) is 171 Å². The van der Waals surface area contributed by atoms with Crippen molar-refractivity contribution in [3.05, 3.63) is 156 Å². The molecule has 0 saturated heterocycles. The Morgan fingerprint density at radius 3 is 1.91 bits per heavy atom. The number of hydrogen-bond acceptors (Lipinski definition) is 1. The van der Waals surface area contributed by atoms with Crippen molar-refractivity contribution in [1.29, 1.82) is 0 Å². The molecule has 1 aliphatic heterocycles. The predicted molar refractivity (Wildman–Crippen MR) is 185 cm³/mol. The second kappa shape index (κ2) is 8.74. The van der Waals surface area contributed by atoms with Gasteiger partial charge >= 0.3 is 0 Å². The van der Waals surface area contributed by atoms with Crippen molar-refractivity contribution in [2.24, 2.45) is 0 Å². The molecule has 2 nitrogen and oxygen atoms in total. The molecule has 1 aromatic heterocycles. The summed E-state index contributed by atoms with van der Waals surface area (Å²) in [7, 11) is 0. The van der Waals surface area contributed by atoms with E-state index in [1.54, 1.807) is 0 Å². The first-order valence-electron chi connectivity index (χ1n) is 15.6. The van der Waals surface area contributed by atoms with Gasteiger partial charge in [0.15, 0.2) is 0 Å². The van der Waals surface area contributed by atoms with Gasteiger partial charge in [0.05, 0.1) is 22.4 Å². The molecule has 0 N–H and O–H groups in total. The minimum atomic E-state index is -0.170. The number of benzene rings is 6. The van der Waals surface area contributed by atoms with Crippen LogP contribution in [0.25, 0.3) is 38.6 Å². The van der Waals surface area contributed by atoms with Gasteiger partial charge in [0.2, 0.25) is 0 Å². The molecule has 2 aliphatic rings. The monoisotopic (exact) mass is 566 g/mol. The lowest BCUT2D eigenvalue weighted by Gasteiger charge is -2.42. The number of nitrogens with zero attached hydrogens (tertiary/aromatic N) is 2. The third kappa shape index (κ3) is 3.26. The molecule has 2 heterocycles. The maximum absolute atomic E-state index is 2.49. The van der Waals surface area contributed by atoms with Crippen molar-refractivity contribution in [3.63, 3.8) is 0 Å². The van der Waals surface area contributed by atoms with Crippen molar-refractivity contribution in [1.82, 2.24) is 4.57 Å². The van der Waals surface area contributed by atoms with Crippen molar-refractivity contribution in [2.45, 2.75) is 38.5 Å². The average molecular weight is 567 g/mol. The molecule has 0 radical (unpaired) electrons. The van der Waals surface area contributed by atoms with Crippen LogP contribution in [-0.2, 0) is 10.8 Å². The largest absolute Gasteiger partial charge is 0.310 e. The summed E-state index contributed by atoms with van der Waals surface area (Å²) < 4.78 is 2.49. The molecule has 9 rings (SSSR count). The zero-order valence-corrected chi connectivity index (χ0v) is 25.6. The van der Waals surface area contributed by atoms with Gasteiger partial charge in [0.1, 0.15) is 0 Å². The van der Waals surface area contributed by atoms with Crippen molar-refractivity contribution >= 4 is 38.9 Å². The van der Waals surface area contributed by atoms with Crippen LogP contribution in [-0.4, -0.2) is 4.57 Å². The molecule has 1 aliphatic carbocycles. The quantitative estimate of drug-likeness (QED) is 0.202. The Morgan fingerprint density at radius 2 is 1.07 bits per heavy atom. The molecule has 6 aromatic carbocycles. The van der Waals surface area contributed by atoms with Crippen LogP contribution in [0, 0.1) is 0 Å². The molecule has 0 bridgehead atoms. The van der Waals surface area contributed by atoms with Gasteiger partial charge in [-0.2, -0.15) is 0 Å². The van der Waals surface area contributed by atoms with E-state index >= 15 is 0 Å². The molecule has 2 heteroatoms. The maximum Gasteiger partial charge on any atom is 0.0544 e. The fourth-order valence-electron chi connectivity index (χ4n) is 8.13. The van der Waals surface area contributed by atoms with E-state index in [1.165, 1.54) is 77.9 Å². The first-order chi connectivity index (χ1) is 21.4. The first-order valence-corrected chi connectivity index (χ1v) is 15.6. The summed E-state index contributed by atoms with van der Waals surface area (Å²) in [6.45, 7) is 9.48. The molecule has 0 spiro atoms. The molecule has 0 fully saturated rings. The fourth-order valence-corrected chi connectivity index (χ4v) is 8.13. The highest BCUT2D eigenvalue weighted by atomic mass is 15.2. The first kappa shape index (κ1) is 25.4. The van der Waals surface area contributed by atoms with Crippen LogP contribution >= 0.6 is 0 Å². The molecule has 0 atom stereocenters. The summed E-state index contributed by atoms with van der Waals surface area (Å²) in [4.78, 5) is 2.43. The van der Waals surface area contributed by atoms with E-state index in [1.807, 2.05) is 0 Å². The summed E-state index contributed by atoms with van der Waals surface area (Å²) in [5, 5.41) is 2.60. The smallest absolute Gasteiger partial charge is 0.0544 e. The van der Waals surface area contributed by atoms with Gasteiger partial charge in [-0.15, -0.1) is 0 Å². The third-order valence-corrected chi connectivity index (χ3v) is 10.4. The van der Waals surface area contributed by atoms with Gasteiger partial charge in [-0.3, -0.25) is 0 Å². The molecular weight excluding hydrogens is 532 g/mol. The highest BCUT2D eigenvalue weighted by molar-refractivity contribution is 6.11. The van der Waals surface area contributed by atoms with E-state index in [0.29, 0.717) is 0 Å². The van der Waals surface area contributed by atoms with Crippen LogP contribution in [0.4, 0.5) is 17.1 Å². The molecule has 212 valence electrons. The topological polar surface area (TPSA) is 8.17 Å². The zero-order chi connectivity index (χ0) is 29.8. The summed E-state index contributed by atoms with van der Waals surface area (Å²) in [6, 6.07) is 49.5. The van der Waals surface area contributed by atoms with Gasteiger partial charge in [0, 0.05) is 33.0 Å². The number of para-hydroxylation sites is 3. The molecule has 0 amide bonds. The van der Waals surface area contributed by atoms with E-state index in [-0.39, 0.29) is 10.8 Å². The van der Waals surface area contributed by atoms with Gasteiger partial charge in [-0.1, -0.05) is 107 Å². The summed E-state index contributed by atoms with van der Waals surface area (Å²) in [5.41, 5.74) is 15.4. The van der Waals surface area contributed by atoms with Crippen LogP contribution in [0.2, 0.25) is 0 Å². The minimum Gasteiger partial charge on any atom is -0.310 e. The lowest BCUT2D eigenvalue weighted by molar-refractivity contribution is 0.631. The zero-order valence-electron chi connectivity index (χ0n) is 25.6. The van der Waals surface area contributed by atoms with Crippen LogP contribution in [0.5, 0.6) is 0 Å². The molecule has 0 unspecified atom stereocenters. The van der Waals surface area contributed by atoms with E-state index in [4.69, 9.17) is 0 Å². The van der Waals surface area contributed by atoms with Crippen molar-refractivity contribution in [2.75, 3.05) is 4.90 Å². The van der Waals surface area contributed by atoms with Crippen LogP contribution < -0.4 is 4.90 Å². The predicted octanol–water partition coefficient (Wildman–Crippen LogP) is 11.2. The number of rotatable bonds is 2. The number of aromatic nitrogens is 1. The Hall–Kier alpha value is -5.08. The van der Waals surface area contributed by atoms with Gasteiger partial charge < -0.3 is 9.47 Å². The summed E-state index contributed by atoms with van der Waals surface area (Å²) in [5.74, 6) is 0. The summed E-state index contributed by atoms with van der Waals surface area (Å²) >= 11 is 0. The lowest BCUT2D eigenvalue weighted by Crippen LogP contribution is -2.30. The molecular formula is C42H34N2. The highest BCUT2D eigenvalue weighted by Crippen LogP contribution is 2.53. The van der Waals surface area contributed by atoms with Crippen LogP contribution in [0.1, 0.15) is 49.9 Å². The molecule has 0 saturated carbocycles. The maximum atomic E-state index is 2.49.